The van der Waals surface area contributed by atoms with Crippen molar-refractivity contribution in [1.82, 2.24) is 14.1 Å². The molecule has 0 bridgehead atoms. The summed E-state index contributed by atoms with van der Waals surface area (Å²) < 4.78 is 11.3. The maximum absolute atomic E-state index is 6.56. The fourth-order valence-corrected chi connectivity index (χ4v) is 8.05. The van der Waals surface area contributed by atoms with Gasteiger partial charge in [0.25, 0.3) is 0 Å². The van der Waals surface area contributed by atoms with E-state index in [9.17, 15) is 0 Å². The summed E-state index contributed by atoms with van der Waals surface area (Å²) in [5.41, 5.74) is 12.7. The summed E-state index contributed by atoms with van der Waals surface area (Å²) >= 11 is 0. The van der Waals surface area contributed by atoms with Crippen LogP contribution in [0.1, 0.15) is 0 Å². The zero-order chi connectivity index (χ0) is 33.5. The molecule has 0 saturated carbocycles. The van der Waals surface area contributed by atoms with Crippen LogP contribution >= 0.6 is 0 Å². The highest BCUT2D eigenvalue weighted by Gasteiger charge is 2.20. The number of rotatable bonds is 4. The van der Waals surface area contributed by atoms with Gasteiger partial charge in [0, 0.05) is 43.7 Å². The van der Waals surface area contributed by atoms with Gasteiger partial charge in [0.1, 0.15) is 11.2 Å². The monoisotopic (exact) mass is 651 g/mol. The van der Waals surface area contributed by atoms with Crippen LogP contribution in [0.15, 0.2) is 180 Å². The molecule has 4 nitrogen and oxygen atoms in total. The first-order valence-corrected chi connectivity index (χ1v) is 17.3. The van der Waals surface area contributed by atoms with Crippen LogP contribution in [0.4, 0.5) is 0 Å². The van der Waals surface area contributed by atoms with E-state index in [1.165, 1.54) is 16.2 Å². The molecule has 0 aliphatic carbocycles. The predicted molar refractivity (Wildman–Crippen MR) is 211 cm³/mol. The molecule has 4 heteroatoms. The van der Waals surface area contributed by atoms with Gasteiger partial charge in [-0.3, -0.25) is 0 Å². The van der Waals surface area contributed by atoms with Crippen molar-refractivity contribution in [3.63, 3.8) is 0 Å². The highest BCUT2D eigenvalue weighted by Crippen LogP contribution is 2.42. The van der Waals surface area contributed by atoms with E-state index in [-0.39, 0.29) is 0 Å². The lowest BCUT2D eigenvalue weighted by molar-refractivity contribution is 0.673. The summed E-state index contributed by atoms with van der Waals surface area (Å²) in [5.74, 6) is 0. The Morgan fingerprint density at radius 1 is 0.373 bits per heavy atom. The van der Waals surface area contributed by atoms with Gasteiger partial charge in [-0.05, 0) is 60.7 Å². The molecule has 4 aromatic heterocycles. The van der Waals surface area contributed by atoms with Gasteiger partial charge >= 0.3 is 0 Å². The number of pyridine rings is 1. The molecule has 0 N–H and O–H groups in total. The summed E-state index contributed by atoms with van der Waals surface area (Å²) in [6.07, 6.45) is 0. The molecule has 11 aromatic rings. The van der Waals surface area contributed by atoms with Gasteiger partial charge in [-0.15, -0.1) is 0 Å². The molecule has 4 heterocycles. The molecule has 7 aromatic carbocycles. The Hall–Kier alpha value is -6.91. The van der Waals surface area contributed by atoms with E-state index in [1.54, 1.807) is 0 Å². The minimum absolute atomic E-state index is 0.910. The lowest BCUT2D eigenvalue weighted by atomic mass is 10.1. The van der Waals surface area contributed by atoms with E-state index >= 15 is 0 Å². The first-order chi connectivity index (χ1) is 25.3. The van der Waals surface area contributed by atoms with Gasteiger partial charge in [-0.25, -0.2) is 4.98 Å². The fraction of sp³-hybridized carbons (Fsp3) is 0. The third-order valence-corrected chi connectivity index (χ3v) is 10.3. The fourth-order valence-electron chi connectivity index (χ4n) is 8.05. The molecule has 0 radical (unpaired) electrons. The quantitative estimate of drug-likeness (QED) is 0.190. The van der Waals surface area contributed by atoms with Crippen LogP contribution in [0.2, 0.25) is 0 Å². The topological polar surface area (TPSA) is 35.9 Å². The van der Waals surface area contributed by atoms with E-state index in [0.29, 0.717) is 0 Å². The number of para-hydroxylation sites is 3. The van der Waals surface area contributed by atoms with E-state index < -0.39 is 0 Å². The molecule has 0 aliphatic heterocycles. The SMILES string of the molecule is c1ccc(-c2cc(-n3c4ccccc4c4cc(-n5c6ccccc6c6c7oc8ccccc8c7ccc65)ccc43)cc(-c3ccccc3)n2)cc1. The summed E-state index contributed by atoms with van der Waals surface area (Å²) in [4.78, 5) is 5.16. The minimum Gasteiger partial charge on any atom is -0.455 e. The number of benzene rings is 7. The van der Waals surface area contributed by atoms with Crippen LogP contribution in [-0.4, -0.2) is 14.1 Å². The number of hydrogen-bond donors (Lipinski definition) is 0. The van der Waals surface area contributed by atoms with Crippen LogP contribution in [0.25, 0.3) is 99.4 Å². The van der Waals surface area contributed by atoms with Gasteiger partial charge < -0.3 is 13.6 Å². The lowest BCUT2D eigenvalue weighted by Crippen LogP contribution is -1.98. The van der Waals surface area contributed by atoms with Crippen LogP contribution in [0, 0.1) is 0 Å². The number of fused-ring (bicyclic) bond motifs is 10. The summed E-state index contributed by atoms with van der Waals surface area (Å²) in [5, 5.41) is 7.00. The van der Waals surface area contributed by atoms with E-state index in [4.69, 9.17) is 9.40 Å². The average molecular weight is 652 g/mol. The highest BCUT2D eigenvalue weighted by molar-refractivity contribution is 6.24. The molecule has 51 heavy (non-hydrogen) atoms. The Kier molecular flexibility index (Phi) is 5.92. The molecule has 11 rings (SSSR count). The van der Waals surface area contributed by atoms with E-state index in [1.807, 2.05) is 18.2 Å². The molecule has 238 valence electrons. The normalized spacial score (nSPS) is 11.9. The number of aromatic nitrogens is 3. The number of furan rings is 1. The Bertz CT molecular complexity index is 3070. The highest BCUT2D eigenvalue weighted by atomic mass is 16.3. The first-order valence-electron chi connectivity index (χ1n) is 17.3. The van der Waals surface area contributed by atoms with E-state index in [0.717, 1.165) is 83.3 Å². The van der Waals surface area contributed by atoms with Crippen LogP contribution in [0.3, 0.4) is 0 Å². The Balaban J connectivity index is 1.18. The number of hydrogen-bond acceptors (Lipinski definition) is 2. The third kappa shape index (κ3) is 4.17. The van der Waals surface area contributed by atoms with Gasteiger partial charge in [0.15, 0.2) is 0 Å². The maximum atomic E-state index is 6.56. The Morgan fingerprint density at radius 3 is 1.65 bits per heavy atom. The van der Waals surface area contributed by atoms with Gasteiger partial charge in [0.2, 0.25) is 0 Å². The summed E-state index contributed by atoms with van der Waals surface area (Å²) in [6.45, 7) is 0. The van der Waals surface area contributed by atoms with E-state index in [2.05, 4.69) is 167 Å². The molecule has 0 aliphatic rings. The Morgan fingerprint density at radius 2 is 0.922 bits per heavy atom. The Labute approximate surface area is 293 Å². The van der Waals surface area contributed by atoms with Gasteiger partial charge in [-0.1, -0.05) is 115 Å². The van der Waals surface area contributed by atoms with Crippen molar-refractivity contribution in [3.05, 3.63) is 176 Å². The molecule has 0 amide bonds. The molecule has 0 fully saturated rings. The van der Waals surface area contributed by atoms with Crippen molar-refractivity contribution in [3.8, 4) is 33.9 Å². The summed E-state index contributed by atoms with van der Waals surface area (Å²) in [7, 11) is 0. The second-order valence-corrected chi connectivity index (χ2v) is 13.2. The second kappa shape index (κ2) is 10.8. The van der Waals surface area contributed by atoms with Crippen molar-refractivity contribution < 1.29 is 4.42 Å². The lowest BCUT2D eigenvalue weighted by Gasteiger charge is -2.13. The molecule has 0 saturated heterocycles. The zero-order valence-electron chi connectivity index (χ0n) is 27.5. The van der Waals surface area contributed by atoms with Crippen molar-refractivity contribution in [2.45, 2.75) is 0 Å². The third-order valence-electron chi connectivity index (χ3n) is 10.3. The molecule has 0 spiro atoms. The molecular weight excluding hydrogens is 623 g/mol. The van der Waals surface area contributed by atoms with Crippen molar-refractivity contribution in [2.24, 2.45) is 0 Å². The first kappa shape index (κ1) is 28.0. The molecule has 0 atom stereocenters. The maximum Gasteiger partial charge on any atom is 0.145 e. The van der Waals surface area contributed by atoms with Gasteiger partial charge in [0.05, 0.1) is 44.5 Å². The van der Waals surface area contributed by atoms with Crippen LogP contribution in [-0.2, 0) is 0 Å². The number of nitrogens with zero attached hydrogens (tertiary/aromatic N) is 3. The molecule has 0 unspecified atom stereocenters. The largest absolute Gasteiger partial charge is 0.455 e. The zero-order valence-corrected chi connectivity index (χ0v) is 27.5. The molecular formula is C47H29N3O. The summed E-state index contributed by atoms with van der Waals surface area (Å²) in [6, 6.07) is 62.4. The van der Waals surface area contributed by atoms with Crippen molar-refractivity contribution >= 4 is 65.6 Å². The average Bonchev–Trinajstić information content (AvgIpc) is 3.86. The van der Waals surface area contributed by atoms with Gasteiger partial charge in [-0.2, -0.15) is 0 Å². The minimum atomic E-state index is 0.910. The van der Waals surface area contributed by atoms with Crippen molar-refractivity contribution in [2.75, 3.05) is 0 Å². The second-order valence-electron chi connectivity index (χ2n) is 13.2. The predicted octanol–water partition coefficient (Wildman–Crippen LogP) is 12.5. The van der Waals surface area contributed by atoms with Crippen LogP contribution in [0.5, 0.6) is 0 Å². The smallest absolute Gasteiger partial charge is 0.145 e. The standard InChI is InChI=1S/C47H29N3O/c1-3-13-30(14-4-1)39-28-33(29-40(48-39)31-15-5-2-6-16-31)50-41-20-10-7-17-34(41)38-27-32(23-25-43(38)50)49-42-21-11-8-19-37(42)46-44(49)26-24-36-35-18-9-12-22-45(35)51-47(36)46/h1-29H. The van der Waals surface area contributed by atoms with Crippen LogP contribution < -0.4 is 0 Å². The van der Waals surface area contributed by atoms with Crippen molar-refractivity contribution in [1.29, 1.82) is 0 Å².